The van der Waals surface area contributed by atoms with Gasteiger partial charge in [0.1, 0.15) is 0 Å². The predicted molar refractivity (Wildman–Crippen MR) is 106 cm³/mol. The summed E-state index contributed by atoms with van der Waals surface area (Å²) in [6, 6.07) is -0.643. The van der Waals surface area contributed by atoms with Crippen molar-refractivity contribution in [2.45, 2.75) is 70.6 Å². The lowest BCUT2D eigenvalue weighted by molar-refractivity contribution is -0.126. The van der Waals surface area contributed by atoms with Crippen LogP contribution in [-0.2, 0) is 4.79 Å². The third kappa shape index (κ3) is 7.25. The van der Waals surface area contributed by atoms with E-state index in [0.29, 0.717) is 11.6 Å². The maximum absolute atomic E-state index is 13.0. The molecule has 1 aliphatic rings. The molecule has 1 aliphatic carbocycles. The summed E-state index contributed by atoms with van der Waals surface area (Å²) in [4.78, 5) is 25.6. The van der Waals surface area contributed by atoms with Crippen LogP contribution in [-0.4, -0.2) is 47.3 Å². The number of carbonyl (C=O) groups is 2. The molecule has 0 radical (unpaired) electrons. The van der Waals surface area contributed by atoms with Gasteiger partial charge in [-0.2, -0.15) is 0 Å². The maximum atomic E-state index is 13.0. The minimum absolute atomic E-state index is 0.00404. The van der Waals surface area contributed by atoms with E-state index in [1.54, 1.807) is 0 Å². The van der Waals surface area contributed by atoms with Crippen LogP contribution < -0.4 is 10.6 Å². The van der Waals surface area contributed by atoms with Crippen LogP contribution in [0, 0.1) is 11.3 Å². The van der Waals surface area contributed by atoms with Crippen molar-refractivity contribution in [3.05, 3.63) is 5.89 Å². The quantitative estimate of drug-likeness (QED) is 0.376. The largest absolute Gasteiger partial charge is 0.408 e. The predicted octanol–water partition coefficient (Wildman–Crippen LogP) is 3.07. The zero-order valence-corrected chi connectivity index (χ0v) is 17.7. The molecule has 1 aromatic rings. The van der Waals surface area contributed by atoms with E-state index in [1.165, 1.54) is 18.2 Å². The number of aromatic nitrogens is 2. The van der Waals surface area contributed by atoms with E-state index in [1.807, 2.05) is 27.8 Å². The Labute approximate surface area is 165 Å². The number of ketones is 1. The highest BCUT2D eigenvalue weighted by Gasteiger charge is 2.32. The monoisotopic (exact) mass is 396 g/mol. The van der Waals surface area contributed by atoms with Crippen molar-refractivity contribution in [3.63, 3.8) is 0 Å². The van der Waals surface area contributed by atoms with Crippen LogP contribution >= 0.6 is 11.8 Å². The van der Waals surface area contributed by atoms with Crippen LogP contribution in [0.3, 0.4) is 0 Å². The third-order valence-corrected chi connectivity index (χ3v) is 5.44. The average molecular weight is 397 g/mol. The van der Waals surface area contributed by atoms with Gasteiger partial charge in [-0.15, -0.1) is 10.2 Å². The molecule has 152 valence electrons. The molecule has 0 bridgehead atoms. The summed E-state index contributed by atoms with van der Waals surface area (Å²) in [5, 5.41) is 14.2. The molecule has 0 aliphatic heterocycles. The molecular weight excluding hydrogens is 364 g/mol. The number of Topliss-reactive ketones (excluding diaryl/α,β-unsaturated/α-hetero) is 1. The highest BCUT2D eigenvalue weighted by molar-refractivity contribution is 7.99. The molecule has 8 heteroatoms. The van der Waals surface area contributed by atoms with Gasteiger partial charge in [-0.3, -0.25) is 9.59 Å². The summed E-state index contributed by atoms with van der Waals surface area (Å²) in [6.45, 7) is 6.95. The van der Waals surface area contributed by atoms with Gasteiger partial charge >= 0.3 is 0 Å². The van der Waals surface area contributed by atoms with E-state index >= 15 is 0 Å². The normalized spacial score (nSPS) is 16.9. The lowest BCUT2D eigenvalue weighted by Crippen LogP contribution is -2.46. The number of carbonyl (C=O) groups excluding carboxylic acids is 2. The van der Waals surface area contributed by atoms with Gasteiger partial charge in [0.2, 0.25) is 11.7 Å². The molecule has 1 aromatic heterocycles. The fourth-order valence-electron chi connectivity index (χ4n) is 3.23. The first-order valence-electron chi connectivity index (χ1n) is 9.75. The molecule has 0 spiro atoms. The Bertz CT molecular complexity index is 621. The van der Waals surface area contributed by atoms with E-state index in [2.05, 4.69) is 20.8 Å². The number of nitrogens with zero attached hydrogens (tertiary/aromatic N) is 2. The van der Waals surface area contributed by atoms with E-state index in [-0.39, 0.29) is 28.9 Å². The summed E-state index contributed by atoms with van der Waals surface area (Å²) >= 11 is 1.40. The molecule has 1 unspecified atom stereocenters. The molecule has 1 atom stereocenters. The van der Waals surface area contributed by atoms with E-state index in [0.717, 1.165) is 38.0 Å². The lowest BCUT2D eigenvalue weighted by Gasteiger charge is -2.27. The van der Waals surface area contributed by atoms with Gasteiger partial charge < -0.3 is 15.1 Å². The Hall–Kier alpha value is -1.41. The van der Waals surface area contributed by atoms with Crippen molar-refractivity contribution >= 4 is 23.5 Å². The number of amides is 1. The Morgan fingerprint density at radius 1 is 1.22 bits per heavy atom. The zero-order valence-electron chi connectivity index (χ0n) is 16.8. The number of rotatable bonds is 9. The first-order chi connectivity index (χ1) is 12.8. The van der Waals surface area contributed by atoms with Crippen LogP contribution in [0.25, 0.3) is 0 Å². The molecule has 0 saturated heterocycles. The Kier molecular flexibility index (Phi) is 8.28. The van der Waals surface area contributed by atoms with Crippen molar-refractivity contribution in [1.82, 2.24) is 20.8 Å². The first-order valence-corrected chi connectivity index (χ1v) is 10.7. The zero-order chi connectivity index (χ0) is 19.9. The van der Waals surface area contributed by atoms with Gasteiger partial charge in [-0.05, 0) is 31.7 Å². The molecule has 0 aromatic carbocycles. The van der Waals surface area contributed by atoms with E-state index in [9.17, 15) is 9.59 Å². The van der Waals surface area contributed by atoms with Gasteiger partial charge in [0.25, 0.3) is 11.1 Å². The van der Waals surface area contributed by atoms with Gasteiger partial charge in [-0.1, -0.05) is 51.8 Å². The van der Waals surface area contributed by atoms with Gasteiger partial charge in [0.15, 0.2) is 0 Å². The van der Waals surface area contributed by atoms with Crippen LogP contribution in [0.1, 0.15) is 70.0 Å². The van der Waals surface area contributed by atoms with Gasteiger partial charge in [0.05, 0.1) is 6.04 Å². The highest BCUT2D eigenvalue weighted by atomic mass is 32.2. The summed E-state index contributed by atoms with van der Waals surface area (Å²) in [7, 11) is 1.87. The summed E-state index contributed by atoms with van der Waals surface area (Å²) in [5.74, 6) is 0.419. The van der Waals surface area contributed by atoms with E-state index < -0.39 is 6.04 Å². The Morgan fingerprint density at radius 3 is 2.56 bits per heavy atom. The first kappa shape index (κ1) is 21.9. The average Bonchev–Trinajstić information content (AvgIpc) is 3.09. The SMILES string of the molecule is CNCCSc1nnc(C(=O)C(CC(C)(C)C)NC(=O)C2CCCCC2)o1. The topological polar surface area (TPSA) is 97.1 Å². The standard InChI is InChI=1S/C19H32N4O3S/c1-19(2,3)12-14(21-16(25)13-8-6-5-7-9-13)15(24)17-22-23-18(26-17)27-11-10-20-4/h13-14,20H,5-12H2,1-4H3,(H,21,25). The second-order valence-corrected chi connectivity index (χ2v) is 9.40. The number of nitrogens with one attached hydrogen (secondary N) is 2. The van der Waals surface area contributed by atoms with E-state index in [4.69, 9.17) is 4.42 Å². The molecule has 1 heterocycles. The molecule has 1 amide bonds. The molecule has 2 N–H and O–H groups in total. The molecule has 7 nitrogen and oxygen atoms in total. The Balaban J connectivity index is 2.05. The number of hydrogen-bond donors (Lipinski definition) is 2. The van der Waals surface area contributed by atoms with Crippen molar-refractivity contribution in [1.29, 1.82) is 0 Å². The maximum Gasteiger partial charge on any atom is 0.286 e. The Morgan fingerprint density at radius 2 is 1.93 bits per heavy atom. The summed E-state index contributed by atoms with van der Waals surface area (Å²) < 4.78 is 5.53. The molecule has 2 rings (SSSR count). The van der Waals surface area contributed by atoms with Crippen LogP contribution in [0.4, 0.5) is 0 Å². The summed E-state index contributed by atoms with van der Waals surface area (Å²) in [5.41, 5.74) is -0.120. The lowest BCUT2D eigenvalue weighted by atomic mass is 9.85. The van der Waals surface area contributed by atoms with Crippen molar-refractivity contribution in [3.8, 4) is 0 Å². The van der Waals surface area contributed by atoms with Gasteiger partial charge in [-0.25, -0.2) is 0 Å². The van der Waals surface area contributed by atoms with Crippen LogP contribution in [0.15, 0.2) is 9.64 Å². The molecule has 1 saturated carbocycles. The van der Waals surface area contributed by atoms with Crippen molar-refractivity contribution in [2.24, 2.45) is 11.3 Å². The molecule has 27 heavy (non-hydrogen) atoms. The summed E-state index contributed by atoms with van der Waals surface area (Å²) in [6.07, 6.45) is 5.66. The number of hydrogen-bond acceptors (Lipinski definition) is 7. The third-order valence-electron chi connectivity index (χ3n) is 4.62. The number of thioether (sulfide) groups is 1. The van der Waals surface area contributed by atoms with Gasteiger partial charge in [0, 0.05) is 18.2 Å². The van der Waals surface area contributed by atoms with Crippen LogP contribution in [0.5, 0.6) is 0 Å². The fraction of sp³-hybridized carbons (Fsp3) is 0.789. The second-order valence-electron chi connectivity index (χ2n) is 8.35. The molecule has 1 fully saturated rings. The molecular formula is C19H32N4O3S. The smallest absolute Gasteiger partial charge is 0.286 e. The van der Waals surface area contributed by atoms with Crippen LogP contribution in [0.2, 0.25) is 0 Å². The highest BCUT2D eigenvalue weighted by Crippen LogP contribution is 2.26. The second kappa shape index (κ2) is 10.2. The van der Waals surface area contributed by atoms with Crippen molar-refractivity contribution < 1.29 is 14.0 Å². The minimum atomic E-state index is -0.643. The van der Waals surface area contributed by atoms with Crippen molar-refractivity contribution in [2.75, 3.05) is 19.3 Å². The fourth-order valence-corrected chi connectivity index (χ4v) is 3.95. The minimum Gasteiger partial charge on any atom is -0.408 e.